The van der Waals surface area contributed by atoms with Crippen molar-refractivity contribution in [2.24, 2.45) is 0 Å². The average Bonchev–Trinajstić information content (AvgIpc) is 2.26. The quantitative estimate of drug-likeness (QED) is 0.706. The number of ether oxygens (including phenoxy) is 1. The van der Waals surface area contributed by atoms with Crippen LogP contribution in [0.5, 0.6) is 0 Å². The fraction of sp³-hybridized carbons (Fsp3) is 0.900. The number of nitrogens with one attached hydrogen (secondary N) is 1. The summed E-state index contributed by atoms with van der Waals surface area (Å²) >= 11 is 0. The maximum absolute atomic E-state index is 11.6. The molecule has 1 saturated heterocycles. The summed E-state index contributed by atoms with van der Waals surface area (Å²) in [7, 11) is 0. The van der Waals surface area contributed by atoms with Crippen molar-refractivity contribution in [3.8, 4) is 0 Å². The maximum Gasteiger partial charge on any atom is 0.237 e. The first-order valence-electron chi connectivity index (χ1n) is 5.35. The predicted octanol–water partition coefficient (Wildman–Crippen LogP) is 0.233. The zero-order valence-electron chi connectivity index (χ0n) is 9.08. The van der Waals surface area contributed by atoms with Gasteiger partial charge in [-0.3, -0.25) is 9.69 Å². The normalized spacial score (nSPS) is 20.4. The zero-order valence-corrected chi connectivity index (χ0v) is 9.08. The molecule has 14 heavy (non-hydrogen) atoms. The van der Waals surface area contributed by atoms with Gasteiger partial charge < -0.3 is 10.1 Å². The van der Waals surface area contributed by atoms with Gasteiger partial charge in [-0.25, -0.2) is 0 Å². The van der Waals surface area contributed by atoms with E-state index in [1.54, 1.807) is 0 Å². The summed E-state index contributed by atoms with van der Waals surface area (Å²) in [4.78, 5) is 13.8. The largest absolute Gasteiger partial charge is 0.379 e. The lowest BCUT2D eigenvalue weighted by molar-refractivity contribution is -0.127. The van der Waals surface area contributed by atoms with Gasteiger partial charge in [-0.1, -0.05) is 6.92 Å². The number of morpholine rings is 1. The fourth-order valence-electron chi connectivity index (χ4n) is 1.53. The van der Waals surface area contributed by atoms with Crippen molar-refractivity contribution < 1.29 is 9.53 Å². The first kappa shape index (κ1) is 11.5. The number of hydrogen-bond donors (Lipinski definition) is 1. The first-order valence-corrected chi connectivity index (χ1v) is 5.35. The lowest BCUT2D eigenvalue weighted by Gasteiger charge is -2.31. The third kappa shape index (κ3) is 3.27. The van der Waals surface area contributed by atoms with Gasteiger partial charge in [0.1, 0.15) is 0 Å². The number of nitrogens with zero attached hydrogens (tertiary/aromatic N) is 1. The topological polar surface area (TPSA) is 41.6 Å². The summed E-state index contributed by atoms with van der Waals surface area (Å²) in [6.45, 7) is 7.99. The summed E-state index contributed by atoms with van der Waals surface area (Å²) in [5, 5.41) is 2.91. The van der Waals surface area contributed by atoms with E-state index in [1.165, 1.54) is 0 Å². The van der Waals surface area contributed by atoms with Crippen LogP contribution in [0.3, 0.4) is 0 Å². The van der Waals surface area contributed by atoms with Crippen LogP contribution in [-0.4, -0.2) is 49.7 Å². The van der Waals surface area contributed by atoms with Gasteiger partial charge in [0.05, 0.1) is 19.3 Å². The molecule has 0 aromatic carbocycles. The Hall–Kier alpha value is -0.610. The first-order chi connectivity index (χ1) is 6.75. The standard InChI is InChI=1S/C10H20N2O2/c1-3-4-11-10(13)9(2)12-5-7-14-8-6-12/h9H,3-8H2,1-2H3,(H,11,13). The molecule has 1 aliphatic rings. The molecule has 82 valence electrons. The molecule has 1 unspecified atom stereocenters. The number of carbonyl (C=O) groups is 1. The second-order valence-electron chi connectivity index (χ2n) is 3.62. The van der Waals surface area contributed by atoms with Crippen molar-refractivity contribution in [2.75, 3.05) is 32.8 Å². The van der Waals surface area contributed by atoms with E-state index in [4.69, 9.17) is 4.74 Å². The lowest BCUT2D eigenvalue weighted by atomic mass is 10.2. The molecule has 0 aliphatic carbocycles. The van der Waals surface area contributed by atoms with E-state index in [9.17, 15) is 4.79 Å². The fourth-order valence-corrected chi connectivity index (χ4v) is 1.53. The Morgan fingerprint density at radius 1 is 1.50 bits per heavy atom. The smallest absolute Gasteiger partial charge is 0.237 e. The monoisotopic (exact) mass is 200 g/mol. The van der Waals surface area contributed by atoms with Crippen molar-refractivity contribution >= 4 is 5.91 Å². The van der Waals surface area contributed by atoms with Crippen molar-refractivity contribution in [1.29, 1.82) is 0 Å². The van der Waals surface area contributed by atoms with Crippen LogP contribution in [-0.2, 0) is 9.53 Å². The number of hydrogen-bond acceptors (Lipinski definition) is 3. The van der Waals surface area contributed by atoms with Gasteiger partial charge in [-0.2, -0.15) is 0 Å². The highest BCUT2D eigenvalue weighted by molar-refractivity contribution is 5.81. The Morgan fingerprint density at radius 3 is 2.71 bits per heavy atom. The molecule has 1 rings (SSSR count). The Balaban J connectivity index is 2.30. The van der Waals surface area contributed by atoms with E-state index in [-0.39, 0.29) is 11.9 Å². The Kier molecular flexibility index (Phi) is 4.90. The molecule has 1 fully saturated rings. The van der Waals surface area contributed by atoms with E-state index in [2.05, 4.69) is 17.1 Å². The van der Waals surface area contributed by atoms with Gasteiger partial charge in [-0.05, 0) is 13.3 Å². The molecule has 1 atom stereocenters. The molecule has 0 spiro atoms. The molecule has 1 aliphatic heterocycles. The van der Waals surface area contributed by atoms with Gasteiger partial charge in [0.25, 0.3) is 0 Å². The van der Waals surface area contributed by atoms with Crippen LogP contribution in [0.2, 0.25) is 0 Å². The predicted molar refractivity (Wildman–Crippen MR) is 55.2 cm³/mol. The van der Waals surface area contributed by atoms with Gasteiger partial charge in [0.2, 0.25) is 5.91 Å². The number of amides is 1. The van der Waals surface area contributed by atoms with Crippen molar-refractivity contribution in [2.45, 2.75) is 26.3 Å². The molecule has 0 bridgehead atoms. The minimum absolute atomic E-state index is 0.0227. The van der Waals surface area contributed by atoms with Crippen LogP contribution in [0.4, 0.5) is 0 Å². The second kappa shape index (κ2) is 5.98. The molecule has 4 nitrogen and oxygen atoms in total. The molecule has 4 heteroatoms. The number of rotatable bonds is 4. The van der Waals surface area contributed by atoms with Crippen molar-refractivity contribution in [1.82, 2.24) is 10.2 Å². The van der Waals surface area contributed by atoms with E-state index in [0.29, 0.717) is 0 Å². The Morgan fingerprint density at radius 2 is 2.14 bits per heavy atom. The van der Waals surface area contributed by atoms with E-state index in [0.717, 1.165) is 39.3 Å². The summed E-state index contributed by atoms with van der Waals surface area (Å²) in [5.41, 5.74) is 0. The van der Waals surface area contributed by atoms with E-state index < -0.39 is 0 Å². The summed E-state index contributed by atoms with van der Waals surface area (Å²) in [6.07, 6.45) is 0.988. The third-order valence-corrected chi connectivity index (χ3v) is 2.52. The Labute approximate surface area is 85.6 Å². The Bertz CT molecular complexity index is 179. The van der Waals surface area contributed by atoms with Crippen LogP contribution in [0, 0.1) is 0 Å². The van der Waals surface area contributed by atoms with Gasteiger partial charge in [-0.15, -0.1) is 0 Å². The summed E-state index contributed by atoms with van der Waals surface area (Å²) < 4.78 is 5.24. The van der Waals surface area contributed by atoms with Crippen LogP contribution in [0.1, 0.15) is 20.3 Å². The van der Waals surface area contributed by atoms with Crippen LogP contribution in [0.25, 0.3) is 0 Å². The van der Waals surface area contributed by atoms with Crippen molar-refractivity contribution in [3.05, 3.63) is 0 Å². The molecular formula is C10H20N2O2. The second-order valence-corrected chi connectivity index (χ2v) is 3.62. The third-order valence-electron chi connectivity index (χ3n) is 2.52. The van der Waals surface area contributed by atoms with E-state index in [1.807, 2.05) is 6.92 Å². The van der Waals surface area contributed by atoms with E-state index >= 15 is 0 Å². The molecule has 0 aromatic heterocycles. The molecule has 0 radical (unpaired) electrons. The molecule has 0 aromatic rings. The highest BCUT2D eigenvalue weighted by Gasteiger charge is 2.22. The van der Waals surface area contributed by atoms with Crippen molar-refractivity contribution in [3.63, 3.8) is 0 Å². The van der Waals surface area contributed by atoms with Crippen LogP contribution >= 0.6 is 0 Å². The molecule has 0 saturated carbocycles. The van der Waals surface area contributed by atoms with Crippen LogP contribution < -0.4 is 5.32 Å². The number of carbonyl (C=O) groups excluding carboxylic acids is 1. The highest BCUT2D eigenvalue weighted by Crippen LogP contribution is 2.03. The molecule has 1 N–H and O–H groups in total. The SMILES string of the molecule is CCCNC(=O)C(C)N1CCOCC1. The summed E-state index contributed by atoms with van der Waals surface area (Å²) in [6, 6.07) is -0.0227. The van der Waals surface area contributed by atoms with Gasteiger partial charge >= 0.3 is 0 Å². The molecule has 1 heterocycles. The lowest BCUT2D eigenvalue weighted by Crippen LogP contribution is -2.49. The van der Waals surface area contributed by atoms with Crippen LogP contribution in [0.15, 0.2) is 0 Å². The summed E-state index contributed by atoms with van der Waals surface area (Å²) in [5.74, 6) is 0.133. The van der Waals surface area contributed by atoms with Gasteiger partial charge in [0, 0.05) is 19.6 Å². The molecule has 1 amide bonds. The zero-order chi connectivity index (χ0) is 10.4. The highest BCUT2D eigenvalue weighted by atomic mass is 16.5. The maximum atomic E-state index is 11.6. The average molecular weight is 200 g/mol. The molecular weight excluding hydrogens is 180 g/mol. The van der Waals surface area contributed by atoms with Gasteiger partial charge in [0.15, 0.2) is 0 Å². The minimum Gasteiger partial charge on any atom is -0.379 e. The minimum atomic E-state index is -0.0227.